The van der Waals surface area contributed by atoms with E-state index < -0.39 is 15.7 Å². The third-order valence-corrected chi connectivity index (χ3v) is 5.89. The zero-order valence-corrected chi connectivity index (χ0v) is 16.4. The number of hydrogen-bond acceptors (Lipinski definition) is 4. The number of hydrogen-bond donors (Lipinski definition) is 1. The third kappa shape index (κ3) is 6.45. The van der Waals surface area contributed by atoms with E-state index in [4.69, 9.17) is 0 Å². The van der Waals surface area contributed by atoms with Crippen molar-refractivity contribution in [3.63, 3.8) is 0 Å². The molecule has 150 valence electrons. The topological polar surface area (TPSA) is 83.6 Å². The summed E-state index contributed by atoms with van der Waals surface area (Å²) in [6, 6.07) is 13.7. The summed E-state index contributed by atoms with van der Waals surface area (Å²) >= 11 is 0. The summed E-state index contributed by atoms with van der Waals surface area (Å²) in [5.41, 5.74) is 0.734. The molecular weight excluding hydrogens is 383 g/mol. The van der Waals surface area contributed by atoms with Crippen LogP contribution in [-0.4, -0.2) is 44.0 Å². The van der Waals surface area contributed by atoms with Gasteiger partial charge in [-0.1, -0.05) is 30.3 Å². The summed E-state index contributed by atoms with van der Waals surface area (Å²) in [5, 5.41) is 2.66. The van der Waals surface area contributed by atoms with Gasteiger partial charge in [-0.05, 0) is 36.8 Å². The fraction of sp³-hybridized carbons (Fsp3) is 0.300. The fourth-order valence-electron chi connectivity index (χ4n) is 2.53. The molecule has 0 saturated carbocycles. The lowest BCUT2D eigenvalue weighted by molar-refractivity contribution is -0.135. The molecular formula is C20H23FN2O4S. The summed E-state index contributed by atoms with van der Waals surface area (Å²) in [4.78, 5) is 25.9. The van der Waals surface area contributed by atoms with E-state index in [0.29, 0.717) is 0 Å². The maximum absolute atomic E-state index is 12.9. The summed E-state index contributed by atoms with van der Waals surface area (Å²) in [7, 11) is -3.55. The molecule has 2 rings (SSSR count). The lowest BCUT2D eigenvalue weighted by atomic mass is 10.2. The van der Waals surface area contributed by atoms with Gasteiger partial charge in [0.05, 0.1) is 17.2 Å². The van der Waals surface area contributed by atoms with Crippen molar-refractivity contribution < 1.29 is 22.4 Å². The Morgan fingerprint density at radius 1 is 1.04 bits per heavy atom. The molecule has 0 bridgehead atoms. The molecule has 8 heteroatoms. The van der Waals surface area contributed by atoms with Gasteiger partial charge in [0, 0.05) is 19.5 Å². The van der Waals surface area contributed by atoms with Gasteiger partial charge in [-0.3, -0.25) is 9.59 Å². The van der Waals surface area contributed by atoms with E-state index >= 15 is 0 Å². The Hall–Kier alpha value is -2.74. The highest BCUT2D eigenvalue weighted by Crippen LogP contribution is 2.12. The van der Waals surface area contributed by atoms with Crippen molar-refractivity contribution in [1.82, 2.24) is 10.2 Å². The molecule has 0 atom stereocenters. The van der Waals surface area contributed by atoms with Gasteiger partial charge >= 0.3 is 0 Å². The predicted molar refractivity (Wildman–Crippen MR) is 104 cm³/mol. The number of amides is 2. The van der Waals surface area contributed by atoms with Crippen molar-refractivity contribution in [3.05, 3.63) is 66.0 Å². The van der Waals surface area contributed by atoms with E-state index in [1.807, 2.05) is 0 Å². The lowest BCUT2D eigenvalue weighted by Gasteiger charge is -2.20. The Morgan fingerprint density at radius 3 is 2.29 bits per heavy atom. The minimum absolute atomic E-state index is 0.165. The number of nitrogens with one attached hydrogen (secondary N) is 1. The largest absolute Gasteiger partial charge is 0.350 e. The molecule has 0 unspecified atom stereocenters. The molecule has 2 aromatic carbocycles. The predicted octanol–water partition coefficient (Wildman–Crippen LogP) is 2.15. The standard InChI is InChI=1S/C20H23FN2O4S/c1-2-23(15-19(24)22-14-16-8-10-17(21)11-9-16)20(25)12-13-28(26,27)18-6-4-3-5-7-18/h3-11H,2,12-15H2,1H3,(H,22,24). The molecule has 0 fully saturated rings. The van der Waals surface area contributed by atoms with Crippen molar-refractivity contribution >= 4 is 21.7 Å². The van der Waals surface area contributed by atoms with Crippen molar-refractivity contribution in [2.75, 3.05) is 18.8 Å². The summed E-state index contributed by atoms with van der Waals surface area (Å²) in [6.07, 6.45) is -0.198. The second-order valence-corrected chi connectivity index (χ2v) is 8.30. The number of sulfone groups is 1. The maximum atomic E-state index is 12.9. The van der Waals surface area contributed by atoms with Crippen LogP contribution in [0.3, 0.4) is 0 Å². The molecule has 0 aliphatic carbocycles. The monoisotopic (exact) mass is 406 g/mol. The molecule has 2 aromatic rings. The average Bonchev–Trinajstić information content (AvgIpc) is 2.70. The smallest absolute Gasteiger partial charge is 0.239 e. The fourth-order valence-corrected chi connectivity index (χ4v) is 3.78. The van der Waals surface area contributed by atoms with Crippen molar-refractivity contribution in [2.45, 2.75) is 24.8 Å². The zero-order valence-electron chi connectivity index (χ0n) is 15.6. The number of nitrogens with zero attached hydrogens (tertiary/aromatic N) is 1. The number of halogens is 1. The third-order valence-electron chi connectivity index (χ3n) is 4.16. The molecule has 0 radical (unpaired) electrons. The first kappa shape index (κ1) is 21.6. The highest BCUT2D eigenvalue weighted by atomic mass is 32.2. The quantitative estimate of drug-likeness (QED) is 0.692. The second kappa shape index (κ2) is 9.98. The van der Waals surface area contributed by atoms with Crippen LogP contribution in [0.15, 0.2) is 59.5 Å². The van der Waals surface area contributed by atoms with Crippen LogP contribution < -0.4 is 5.32 Å². The number of carbonyl (C=O) groups is 2. The second-order valence-electron chi connectivity index (χ2n) is 6.19. The van der Waals surface area contributed by atoms with Crippen LogP contribution in [0.2, 0.25) is 0 Å². The molecule has 0 heterocycles. The van der Waals surface area contributed by atoms with Gasteiger partial charge in [0.2, 0.25) is 11.8 Å². The normalized spacial score (nSPS) is 11.1. The first-order valence-corrected chi connectivity index (χ1v) is 10.5. The van der Waals surface area contributed by atoms with Crippen molar-refractivity contribution in [1.29, 1.82) is 0 Å². The lowest BCUT2D eigenvalue weighted by Crippen LogP contribution is -2.40. The summed E-state index contributed by atoms with van der Waals surface area (Å²) in [6.45, 7) is 2.06. The Bertz CT molecular complexity index is 900. The SMILES string of the molecule is CCN(CC(=O)NCc1ccc(F)cc1)C(=O)CCS(=O)(=O)c1ccccc1. The molecule has 0 spiro atoms. The molecule has 0 saturated heterocycles. The Morgan fingerprint density at radius 2 is 1.68 bits per heavy atom. The van der Waals surface area contributed by atoms with Crippen LogP contribution in [-0.2, 0) is 26.0 Å². The van der Waals surface area contributed by atoms with E-state index in [1.54, 1.807) is 37.3 Å². The molecule has 0 aliphatic heterocycles. The van der Waals surface area contributed by atoms with Gasteiger partial charge in [0.1, 0.15) is 5.82 Å². The maximum Gasteiger partial charge on any atom is 0.239 e. The van der Waals surface area contributed by atoms with Gasteiger partial charge in [0.25, 0.3) is 0 Å². The zero-order chi connectivity index (χ0) is 20.6. The molecule has 0 aromatic heterocycles. The minimum Gasteiger partial charge on any atom is -0.350 e. The average molecular weight is 406 g/mol. The first-order valence-electron chi connectivity index (χ1n) is 8.88. The van der Waals surface area contributed by atoms with Crippen LogP contribution in [0, 0.1) is 5.82 Å². The van der Waals surface area contributed by atoms with Gasteiger partial charge in [-0.25, -0.2) is 12.8 Å². The number of carbonyl (C=O) groups excluding carboxylic acids is 2. The molecule has 1 N–H and O–H groups in total. The summed E-state index contributed by atoms with van der Waals surface area (Å²) in [5.74, 6) is -1.45. The molecule has 0 aliphatic rings. The van der Waals surface area contributed by atoms with E-state index in [2.05, 4.69) is 5.32 Å². The highest BCUT2D eigenvalue weighted by molar-refractivity contribution is 7.91. The Kier molecular flexibility index (Phi) is 7.69. The van der Waals surface area contributed by atoms with Crippen molar-refractivity contribution in [2.24, 2.45) is 0 Å². The van der Waals surface area contributed by atoms with Crippen molar-refractivity contribution in [3.8, 4) is 0 Å². The minimum atomic E-state index is -3.55. The first-order chi connectivity index (χ1) is 13.3. The van der Waals surface area contributed by atoms with E-state index in [0.717, 1.165) is 5.56 Å². The van der Waals surface area contributed by atoms with Gasteiger partial charge in [-0.2, -0.15) is 0 Å². The Balaban J connectivity index is 1.85. The van der Waals surface area contributed by atoms with E-state index in [9.17, 15) is 22.4 Å². The molecule has 2 amide bonds. The van der Waals surface area contributed by atoms with Crippen LogP contribution in [0.5, 0.6) is 0 Å². The van der Waals surface area contributed by atoms with Gasteiger partial charge in [-0.15, -0.1) is 0 Å². The molecule has 28 heavy (non-hydrogen) atoms. The van der Waals surface area contributed by atoms with Crippen LogP contribution in [0.1, 0.15) is 18.9 Å². The molecule has 6 nitrogen and oxygen atoms in total. The van der Waals surface area contributed by atoms with Crippen LogP contribution in [0.4, 0.5) is 4.39 Å². The van der Waals surface area contributed by atoms with Crippen LogP contribution in [0.25, 0.3) is 0 Å². The Labute approximate surface area is 164 Å². The van der Waals surface area contributed by atoms with E-state index in [1.165, 1.54) is 29.2 Å². The van der Waals surface area contributed by atoms with E-state index in [-0.39, 0.29) is 48.4 Å². The number of rotatable bonds is 9. The summed E-state index contributed by atoms with van der Waals surface area (Å²) < 4.78 is 37.4. The highest BCUT2D eigenvalue weighted by Gasteiger charge is 2.20. The number of likely N-dealkylation sites (N-methyl/N-ethyl adjacent to an activating group) is 1. The van der Waals surface area contributed by atoms with Crippen LogP contribution >= 0.6 is 0 Å². The number of benzene rings is 2. The van der Waals surface area contributed by atoms with Gasteiger partial charge < -0.3 is 10.2 Å². The van der Waals surface area contributed by atoms with Gasteiger partial charge in [0.15, 0.2) is 9.84 Å².